The Morgan fingerprint density at radius 3 is 2.56 bits per heavy atom. The molecule has 0 saturated carbocycles. The molecule has 0 aliphatic rings. The van der Waals surface area contributed by atoms with Crippen molar-refractivity contribution in [2.75, 3.05) is 0 Å². The normalized spacial score (nSPS) is 14.1. The molecule has 1 rings (SSSR count). The van der Waals surface area contributed by atoms with Gasteiger partial charge in [0.2, 0.25) is 10.0 Å². The van der Waals surface area contributed by atoms with Crippen LogP contribution in [0.4, 0.5) is 0 Å². The summed E-state index contributed by atoms with van der Waals surface area (Å²) in [6, 6.07) is 1.56. The molecule has 0 aromatic carbocycles. The van der Waals surface area contributed by atoms with Crippen LogP contribution in [0, 0.1) is 5.92 Å². The van der Waals surface area contributed by atoms with Gasteiger partial charge in [0.05, 0.1) is 4.90 Å². The Hall–Kier alpha value is -0.430. The predicted octanol–water partition coefficient (Wildman–Crippen LogP) is 2.31. The lowest BCUT2D eigenvalue weighted by molar-refractivity contribution is 0.485. The maximum Gasteiger partial charge on any atom is 0.241 e. The summed E-state index contributed by atoms with van der Waals surface area (Å²) in [6.07, 6.45) is 1.86. The number of nitrogens with two attached hydrogens (primary N) is 1. The third kappa shape index (κ3) is 4.35. The fourth-order valence-corrected chi connectivity index (χ4v) is 4.30. The van der Waals surface area contributed by atoms with Crippen LogP contribution >= 0.6 is 11.3 Å². The molecule has 6 heteroatoms. The number of hydrogen-bond donors (Lipinski definition) is 2. The maximum atomic E-state index is 12.2. The Morgan fingerprint density at radius 2 is 2.00 bits per heavy atom. The molecule has 0 fully saturated rings. The quantitative estimate of drug-likeness (QED) is 0.809. The molecule has 18 heavy (non-hydrogen) atoms. The first-order valence-corrected chi connectivity index (χ1v) is 8.52. The van der Waals surface area contributed by atoms with E-state index in [4.69, 9.17) is 5.73 Å². The van der Waals surface area contributed by atoms with Crippen LogP contribution in [0.2, 0.25) is 0 Å². The van der Waals surface area contributed by atoms with Crippen molar-refractivity contribution in [2.45, 2.75) is 51.1 Å². The zero-order valence-electron chi connectivity index (χ0n) is 11.1. The molecule has 4 nitrogen and oxygen atoms in total. The monoisotopic (exact) mass is 290 g/mol. The lowest BCUT2D eigenvalue weighted by Crippen LogP contribution is -2.33. The van der Waals surface area contributed by atoms with Crippen LogP contribution in [0.5, 0.6) is 0 Å². The highest BCUT2D eigenvalue weighted by molar-refractivity contribution is 7.89. The van der Waals surface area contributed by atoms with Gasteiger partial charge in [-0.15, -0.1) is 11.3 Å². The van der Waals surface area contributed by atoms with E-state index in [1.54, 1.807) is 11.4 Å². The van der Waals surface area contributed by atoms with Gasteiger partial charge < -0.3 is 5.73 Å². The van der Waals surface area contributed by atoms with Crippen molar-refractivity contribution >= 4 is 21.4 Å². The third-order valence-electron chi connectivity index (χ3n) is 2.71. The molecule has 0 amide bonds. The van der Waals surface area contributed by atoms with Crippen molar-refractivity contribution in [1.29, 1.82) is 0 Å². The van der Waals surface area contributed by atoms with E-state index >= 15 is 0 Å². The standard InChI is InChI=1S/C12H22N2O2S2/c1-9(2)4-5-10(3)14-18(15,16)12-6-7-17-11(12)8-13/h6-7,9-10,14H,4-5,8,13H2,1-3H3. The first-order chi connectivity index (χ1) is 8.36. The molecule has 0 radical (unpaired) electrons. The Balaban J connectivity index is 2.70. The van der Waals surface area contributed by atoms with E-state index in [1.165, 1.54) is 11.3 Å². The molecule has 0 aliphatic heterocycles. The largest absolute Gasteiger partial charge is 0.326 e. The second kappa shape index (κ2) is 6.65. The average Bonchev–Trinajstić information content (AvgIpc) is 2.74. The van der Waals surface area contributed by atoms with Gasteiger partial charge in [0.15, 0.2) is 0 Å². The van der Waals surface area contributed by atoms with Crippen molar-refractivity contribution in [3.05, 3.63) is 16.3 Å². The zero-order chi connectivity index (χ0) is 13.8. The van der Waals surface area contributed by atoms with Gasteiger partial charge in [-0.3, -0.25) is 0 Å². The van der Waals surface area contributed by atoms with Gasteiger partial charge in [-0.1, -0.05) is 13.8 Å². The molecule has 0 spiro atoms. The number of nitrogens with one attached hydrogen (secondary N) is 1. The Bertz CT molecular complexity index is 466. The van der Waals surface area contributed by atoms with E-state index in [2.05, 4.69) is 18.6 Å². The van der Waals surface area contributed by atoms with Crippen LogP contribution in [0.1, 0.15) is 38.5 Å². The van der Waals surface area contributed by atoms with Crippen molar-refractivity contribution in [3.63, 3.8) is 0 Å². The lowest BCUT2D eigenvalue weighted by atomic mass is 10.1. The summed E-state index contributed by atoms with van der Waals surface area (Å²) in [5.41, 5.74) is 5.54. The summed E-state index contributed by atoms with van der Waals surface area (Å²) < 4.78 is 27.0. The number of thiophene rings is 1. The summed E-state index contributed by atoms with van der Waals surface area (Å²) in [5.74, 6) is 0.581. The minimum atomic E-state index is -3.43. The van der Waals surface area contributed by atoms with E-state index in [9.17, 15) is 8.42 Å². The summed E-state index contributed by atoms with van der Waals surface area (Å²) >= 11 is 1.38. The van der Waals surface area contributed by atoms with E-state index in [0.29, 0.717) is 15.7 Å². The van der Waals surface area contributed by atoms with Crippen LogP contribution < -0.4 is 10.5 Å². The molecule has 0 saturated heterocycles. The second-order valence-corrected chi connectivity index (χ2v) is 7.59. The van der Waals surface area contributed by atoms with Crippen LogP contribution in [-0.2, 0) is 16.6 Å². The molecule has 1 atom stereocenters. The SMILES string of the molecule is CC(C)CCC(C)NS(=O)(=O)c1ccsc1CN. The molecular weight excluding hydrogens is 268 g/mol. The van der Waals surface area contributed by atoms with E-state index < -0.39 is 10.0 Å². The lowest BCUT2D eigenvalue weighted by Gasteiger charge is -2.15. The second-order valence-electron chi connectivity index (χ2n) is 4.91. The fourth-order valence-electron chi connectivity index (χ4n) is 1.69. The molecule has 1 unspecified atom stereocenters. The third-order valence-corrected chi connectivity index (χ3v) is 5.46. The average molecular weight is 290 g/mol. The summed E-state index contributed by atoms with van der Waals surface area (Å²) in [7, 11) is -3.43. The van der Waals surface area contributed by atoms with Gasteiger partial charge in [0.1, 0.15) is 0 Å². The number of sulfonamides is 1. The van der Waals surface area contributed by atoms with E-state index in [1.807, 2.05) is 6.92 Å². The first kappa shape index (κ1) is 15.6. The molecular formula is C12H22N2O2S2. The Kier molecular flexibility index (Phi) is 5.78. The molecule has 1 aromatic rings. The highest BCUT2D eigenvalue weighted by Crippen LogP contribution is 2.21. The molecule has 1 heterocycles. The smallest absolute Gasteiger partial charge is 0.241 e. The van der Waals surface area contributed by atoms with Gasteiger partial charge in [0.25, 0.3) is 0 Å². The highest BCUT2D eigenvalue weighted by atomic mass is 32.2. The van der Waals surface area contributed by atoms with Crippen molar-refractivity contribution in [2.24, 2.45) is 11.7 Å². The summed E-state index contributed by atoms with van der Waals surface area (Å²) in [6.45, 7) is 6.42. The van der Waals surface area contributed by atoms with Gasteiger partial charge in [-0.2, -0.15) is 0 Å². The Morgan fingerprint density at radius 1 is 1.33 bits per heavy atom. The minimum absolute atomic E-state index is 0.0528. The predicted molar refractivity (Wildman–Crippen MR) is 76.1 cm³/mol. The van der Waals surface area contributed by atoms with Crippen molar-refractivity contribution in [3.8, 4) is 0 Å². The zero-order valence-corrected chi connectivity index (χ0v) is 12.8. The van der Waals surface area contributed by atoms with Gasteiger partial charge in [-0.05, 0) is 37.1 Å². The topological polar surface area (TPSA) is 72.2 Å². The van der Waals surface area contributed by atoms with Crippen LogP contribution in [0.15, 0.2) is 16.3 Å². The van der Waals surface area contributed by atoms with Crippen LogP contribution in [0.3, 0.4) is 0 Å². The van der Waals surface area contributed by atoms with E-state index in [0.717, 1.165) is 12.8 Å². The van der Waals surface area contributed by atoms with Crippen molar-refractivity contribution < 1.29 is 8.42 Å². The molecule has 104 valence electrons. The summed E-state index contributed by atoms with van der Waals surface area (Å²) in [4.78, 5) is 1.03. The molecule has 0 aliphatic carbocycles. The molecule has 1 aromatic heterocycles. The van der Waals surface area contributed by atoms with E-state index in [-0.39, 0.29) is 12.6 Å². The van der Waals surface area contributed by atoms with Crippen LogP contribution in [0.25, 0.3) is 0 Å². The Labute approximate surface area is 114 Å². The van der Waals surface area contributed by atoms with Gasteiger partial charge >= 0.3 is 0 Å². The van der Waals surface area contributed by atoms with Gasteiger partial charge in [0, 0.05) is 17.5 Å². The molecule has 0 bridgehead atoms. The van der Waals surface area contributed by atoms with Gasteiger partial charge in [-0.25, -0.2) is 13.1 Å². The van der Waals surface area contributed by atoms with Crippen molar-refractivity contribution in [1.82, 2.24) is 4.72 Å². The minimum Gasteiger partial charge on any atom is -0.326 e. The maximum absolute atomic E-state index is 12.2. The first-order valence-electron chi connectivity index (χ1n) is 6.15. The summed E-state index contributed by atoms with van der Waals surface area (Å²) in [5, 5.41) is 1.76. The van der Waals surface area contributed by atoms with Crippen LogP contribution in [-0.4, -0.2) is 14.5 Å². The fraction of sp³-hybridized carbons (Fsp3) is 0.667. The number of rotatable bonds is 7. The number of hydrogen-bond acceptors (Lipinski definition) is 4. The molecule has 3 N–H and O–H groups in total. The highest BCUT2D eigenvalue weighted by Gasteiger charge is 2.21.